The lowest BCUT2D eigenvalue weighted by Crippen LogP contribution is -2.15. The van der Waals surface area contributed by atoms with Crippen LogP contribution in [0.4, 0.5) is 0 Å². The van der Waals surface area contributed by atoms with Crippen molar-refractivity contribution in [3.63, 3.8) is 0 Å². The van der Waals surface area contributed by atoms with Gasteiger partial charge in [0.15, 0.2) is 0 Å². The topological polar surface area (TPSA) is 12.0 Å². The molecule has 1 aliphatic rings. The van der Waals surface area contributed by atoms with Crippen LogP contribution in [0.25, 0.3) is 16.8 Å². The van der Waals surface area contributed by atoms with Crippen LogP contribution in [0.2, 0.25) is 0 Å². The van der Waals surface area contributed by atoms with Crippen molar-refractivity contribution >= 4 is 5.70 Å². The number of hydrogen-bond acceptors (Lipinski definition) is 1. The summed E-state index contributed by atoms with van der Waals surface area (Å²) < 4.78 is 0. The zero-order chi connectivity index (χ0) is 13.6. The van der Waals surface area contributed by atoms with Crippen LogP contribution < -0.4 is 5.32 Å². The Bertz CT molecular complexity index is 665. The lowest BCUT2D eigenvalue weighted by atomic mass is 9.82. The Hall–Kier alpha value is -2.02. The smallest absolute Gasteiger partial charge is 0.0338 e. The monoisotopic (exact) mass is 249 g/mol. The van der Waals surface area contributed by atoms with E-state index in [9.17, 15) is 0 Å². The first-order valence-electron chi connectivity index (χ1n) is 6.67. The van der Waals surface area contributed by atoms with Gasteiger partial charge in [0.2, 0.25) is 0 Å². The molecule has 0 aliphatic heterocycles. The van der Waals surface area contributed by atoms with E-state index in [0.29, 0.717) is 0 Å². The standard InChI is InChI=1S/C18H19N/c1-12(19-4)13-9-10-15-14-7-5-6-8-16(14)18(2,3)17(15)11-13/h5-11,19H,1H2,2-4H3. The van der Waals surface area contributed by atoms with Crippen molar-refractivity contribution in [3.05, 3.63) is 65.7 Å². The first-order valence-corrected chi connectivity index (χ1v) is 6.67. The van der Waals surface area contributed by atoms with Crippen LogP contribution in [-0.2, 0) is 5.41 Å². The van der Waals surface area contributed by atoms with Gasteiger partial charge in [-0.15, -0.1) is 0 Å². The summed E-state index contributed by atoms with van der Waals surface area (Å²) in [5.74, 6) is 0. The molecule has 0 amide bonds. The van der Waals surface area contributed by atoms with E-state index in [4.69, 9.17) is 0 Å². The van der Waals surface area contributed by atoms with Crippen LogP contribution in [0.5, 0.6) is 0 Å². The van der Waals surface area contributed by atoms with Crippen molar-refractivity contribution in [3.8, 4) is 11.1 Å². The summed E-state index contributed by atoms with van der Waals surface area (Å²) in [6.07, 6.45) is 0. The van der Waals surface area contributed by atoms with Gasteiger partial charge in [-0.3, -0.25) is 0 Å². The highest BCUT2D eigenvalue weighted by molar-refractivity contribution is 5.82. The summed E-state index contributed by atoms with van der Waals surface area (Å²) >= 11 is 0. The molecule has 2 aromatic carbocycles. The van der Waals surface area contributed by atoms with Crippen LogP contribution in [0, 0.1) is 0 Å². The SMILES string of the molecule is C=C(NC)c1ccc2c(c1)C(C)(C)c1ccccc1-2. The zero-order valence-electron chi connectivity index (χ0n) is 11.7. The van der Waals surface area contributed by atoms with Crippen LogP contribution in [0.15, 0.2) is 49.0 Å². The molecule has 0 atom stereocenters. The average Bonchev–Trinajstić information content (AvgIpc) is 2.67. The average molecular weight is 249 g/mol. The largest absolute Gasteiger partial charge is 0.388 e. The molecule has 1 aliphatic carbocycles. The van der Waals surface area contributed by atoms with E-state index in [1.54, 1.807) is 0 Å². The molecular weight excluding hydrogens is 230 g/mol. The Morgan fingerprint density at radius 1 is 1.00 bits per heavy atom. The number of fused-ring (bicyclic) bond motifs is 3. The highest BCUT2D eigenvalue weighted by Gasteiger charge is 2.35. The number of rotatable bonds is 2. The summed E-state index contributed by atoms with van der Waals surface area (Å²) in [7, 11) is 1.91. The van der Waals surface area contributed by atoms with Gasteiger partial charge in [-0.25, -0.2) is 0 Å². The maximum Gasteiger partial charge on any atom is 0.0338 e. The van der Waals surface area contributed by atoms with Gasteiger partial charge in [-0.05, 0) is 33.9 Å². The quantitative estimate of drug-likeness (QED) is 0.841. The fourth-order valence-corrected chi connectivity index (χ4v) is 3.04. The van der Waals surface area contributed by atoms with Gasteiger partial charge in [0.05, 0.1) is 0 Å². The lowest BCUT2D eigenvalue weighted by molar-refractivity contribution is 0.660. The van der Waals surface area contributed by atoms with Gasteiger partial charge >= 0.3 is 0 Å². The summed E-state index contributed by atoms with van der Waals surface area (Å²) in [6, 6.07) is 15.3. The Morgan fingerprint density at radius 3 is 2.42 bits per heavy atom. The van der Waals surface area contributed by atoms with Crippen LogP contribution >= 0.6 is 0 Å². The van der Waals surface area contributed by atoms with E-state index < -0.39 is 0 Å². The molecule has 1 nitrogen and oxygen atoms in total. The molecule has 2 aromatic rings. The minimum Gasteiger partial charge on any atom is -0.388 e. The fraction of sp³-hybridized carbons (Fsp3) is 0.222. The molecule has 3 rings (SSSR count). The Kier molecular flexibility index (Phi) is 2.53. The van der Waals surface area contributed by atoms with Gasteiger partial charge in [0.1, 0.15) is 0 Å². The molecule has 1 heteroatoms. The maximum absolute atomic E-state index is 4.05. The molecule has 0 unspecified atom stereocenters. The lowest BCUT2D eigenvalue weighted by Gasteiger charge is -2.22. The first-order chi connectivity index (χ1) is 9.05. The van der Waals surface area contributed by atoms with Gasteiger partial charge in [-0.2, -0.15) is 0 Å². The number of nitrogens with one attached hydrogen (secondary N) is 1. The van der Waals surface area contributed by atoms with Gasteiger partial charge in [0.25, 0.3) is 0 Å². The van der Waals surface area contributed by atoms with Gasteiger partial charge < -0.3 is 5.32 Å². The molecule has 0 saturated carbocycles. The molecule has 96 valence electrons. The molecule has 0 saturated heterocycles. The van der Waals surface area contributed by atoms with Crippen molar-refractivity contribution < 1.29 is 0 Å². The predicted octanol–water partition coefficient (Wildman–Crippen LogP) is 4.18. The van der Waals surface area contributed by atoms with Gasteiger partial charge in [-0.1, -0.05) is 56.8 Å². The summed E-state index contributed by atoms with van der Waals surface area (Å²) in [5, 5.41) is 3.13. The highest BCUT2D eigenvalue weighted by Crippen LogP contribution is 2.48. The fourth-order valence-electron chi connectivity index (χ4n) is 3.04. The molecule has 0 radical (unpaired) electrons. The summed E-state index contributed by atoms with van der Waals surface area (Å²) in [6.45, 7) is 8.65. The van der Waals surface area contributed by atoms with E-state index in [0.717, 1.165) is 5.70 Å². The second kappa shape index (κ2) is 3.99. The third-order valence-corrected chi connectivity index (χ3v) is 4.23. The van der Waals surface area contributed by atoms with Crippen molar-refractivity contribution in [2.45, 2.75) is 19.3 Å². The third kappa shape index (κ3) is 1.61. The molecule has 0 heterocycles. The van der Waals surface area contributed by atoms with Crippen molar-refractivity contribution in [2.75, 3.05) is 7.05 Å². The molecular formula is C18H19N. The van der Waals surface area contributed by atoms with Crippen LogP contribution in [-0.4, -0.2) is 7.05 Å². The summed E-state index contributed by atoms with van der Waals surface area (Å²) in [5.41, 5.74) is 7.73. The van der Waals surface area contributed by atoms with E-state index in [1.807, 2.05) is 7.05 Å². The first kappa shape index (κ1) is 12.0. The molecule has 0 bridgehead atoms. The van der Waals surface area contributed by atoms with Crippen LogP contribution in [0.1, 0.15) is 30.5 Å². The third-order valence-electron chi connectivity index (χ3n) is 4.23. The Labute approximate surface area is 115 Å². The van der Waals surface area contributed by atoms with E-state index in [2.05, 4.69) is 68.2 Å². The molecule has 0 aromatic heterocycles. The Morgan fingerprint density at radius 2 is 1.68 bits per heavy atom. The van der Waals surface area contributed by atoms with Crippen LogP contribution in [0.3, 0.4) is 0 Å². The van der Waals surface area contributed by atoms with E-state index >= 15 is 0 Å². The number of hydrogen-bond donors (Lipinski definition) is 1. The second-order valence-electron chi connectivity index (χ2n) is 5.66. The molecule has 1 N–H and O–H groups in total. The predicted molar refractivity (Wildman–Crippen MR) is 82.1 cm³/mol. The van der Waals surface area contributed by atoms with Crippen molar-refractivity contribution in [1.29, 1.82) is 0 Å². The second-order valence-corrected chi connectivity index (χ2v) is 5.66. The van der Waals surface area contributed by atoms with Crippen molar-refractivity contribution in [1.82, 2.24) is 5.32 Å². The van der Waals surface area contributed by atoms with Gasteiger partial charge in [0, 0.05) is 18.2 Å². The summed E-state index contributed by atoms with van der Waals surface area (Å²) in [4.78, 5) is 0. The zero-order valence-corrected chi connectivity index (χ0v) is 11.7. The maximum atomic E-state index is 4.05. The highest BCUT2D eigenvalue weighted by atomic mass is 14.8. The normalized spacial score (nSPS) is 14.7. The molecule has 0 fully saturated rings. The number of benzene rings is 2. The van der Waals surface area contributed by atoms with E-state index in [-0.39, 0.29) is 5.41 Å². The minimum atomic E-state index is 0.0654. The molecule has 19 heavy (non-hydrogen) atoms. The minimum absolute atomic E-state index is 0.0654. The van der Waals surface area contributed by atoms with Crippen molar-refractivity contribution in [2.24, 2.45) is 0 Å². The van der Waals surface area contributed by atoms with E-state index in [1.165, 1.54) is 27.8 Å². The molecule has 0 spiro atoms. The Balaban J connectivity index is 2.24.